The minimum atomic E-state index is -1.98. The van der Waals surface area contributed by atoms with Crippen LogP contribution >= 0.6 is 47.0 Å². The monoisotopic (exact) mass is 477 g/mol. The molecular formula is C18H15Cl3FN3O3S. The molecule has 2 rings (SSSR count). The van der Waals surface area contributed by atoms with Crippen LogP contribution in [0.1, 0.15) is 20.7 Å². The topological polar surface area (TPSA) is 79.5 Å². The Hall–Kier alpha value is -2.13. The van der Waals surface area contributed by atoms with Crippen LogP contribution in [0.25, 0.3) is 0 Å². The highest BCUT2D eigenvalue weighted by molar-refractivity contribution is 7.80. The molecule has 3 N–H and O–H groups in total. The van der Waals surface area contributed by atoms with Crippen LogP contribution in [0.5, 0.6) is 0 Å². The fourth-order valence-corrected chi connectivity index (χ4v) is 2.74. The van der Waals surface area contributed by atoms with Crippen LogP contribution in [-0.2, 0) is 4.74 Å². The molecule has 2 aromatic carbocycles. The maximum absolute atomic E-state index is 13.0. The summed E-state index contributed by atoms with van der Waals surface area (Å²) in [4.78, 5) is 24.2. The number of methoxy groups -OCH3 is 1. The van der Waals surface area contributed by atoms with Crippen LogP contribution in [0, 0.1) is 5.82 Å². The van der Waals surface area contributed by atoms with Crippen molar-refractivity contribution in [2.45, 2.75) is 9.96 Å². The fraction of sp³-hybridized carbons (Fsp3) is 0.167. The van der Waals surface area contributed by atoms with Crippen molar-refractivity contribution in [3.8, 4) is 0 Å². The first-order valence-corrected chi connectivity index (χ1v) is 9.54. The summed E-state index contributed by atoms with van der Waals surface area (Å²) >= 11 is 23.0. The molecule has 0 bridgehead atoms. The molecule has 11 heteroatoms. The molecule has 0 saturated carbocycles. The van der Waals surface area contributed by atoms with Crippen LogP contribution in [0.3, 0.4) is 0 Å². The van der Waals surface area contributed by atoms with Gasteiger partial charge in [0.2, 0.25) is 3.79 Å². The van der Waals surface area contributed by atoms with Gasteiger partial charge in [0.25, 0.3) is 5.91 Å². The van der Waals surface area contributed by atoms with Crippen molar-refractivity contribution in [2.24, 2.45) is 0 Å². The largest absolute Gasteiger partial charge is 0.465 e. The smallest absolute Gasteiger partial charge is 0.339 e. The van der Waals surface area contributed by atoms with Gasteiger partial charge in [-0.1, -0.05) is 46.9 Å². The molecule has 0 saturated heterocycles. The van der Waals surface area contributed by atoms with Gasteiger partial charge in [-0.25, -0.2) is 9.18 Å². The van der Waals surface area contributed by atoms with Crippen LogP contribution < -0.4 is 16.0 Å². The third kappa shape index (κ3) is 6.71. The second-order valence-corrected chi connectivity index (χ2v) is 8.37. The maximum atomic E-state index is 13.0. The number of amides is 1. The van der Waals surface area contributed by atoms with E-state index in [1.54, 1.807) is 24.3 Å². The lowest BCUT2D eigenvalue weighted by atomic mass is 10.2. The van der Waals surface area contributed by atoms with Crippen molar-refractivity contribution in [1.29, 1.82) is 0 Å². The normalized spacial score (nSPS) is 11.9. The predicted octanol–water partition coefficient (Wildman–Crippen LogP) is 4.03. The van der Waals surface area contributed by atoms with E-state index in [2.05, 4.69) is 16.0 Å². The molecule has 2 aromatic rings. The number of carbonyl (C=O) groups is 2. The minimum absolute atomic E-state index is 0.0305. The number of hydrogen-bond donors (Lipinski definition) is 3. The summed E-state index contributed by atoms with van der Waals surface area (Å²) in [6.07, 6.45) is -1.24. The zero-order chi connectivity index (χ0) is 21.6. The molecule has 0 aliphatic carbocycles. The number of alkyl halides is 3. The number of thiocarbonyl (C=S) groups is 1. The molecule has 0 aliphatic rings. The standard InChI is InChI=1S/C18H15Cl3FN3O3S/c1-28-15(27)12-4-2-3-5-13(12)23-17(29)25-16(18(19,20)21)24-14(26)10-6-8-11(22)9-7-10/h2-9,16H,1H3,(H,24,26)(H2,23,25,29)/t16-/m1/s1. The lowest BCUT2D eigenvalue weighted by Gasteiger charge is -2.28. The van der Waals surface area contributed by atoms with Crippen LogP contribution in [-0.4, -0.2) is 34.1 Å². The summed E-state index contributed by atoms with van der Waals surface area (Å²) in [6, 6.07) is 11.3. The van der Waals surface area contributed by atoms with Crippen molar-refractivity contribution >= 4 is 69.7 Å². The fourth-order valence-electron chi connectivity index (χ4n) is 2.19. The first-order valence-electron chi connectivity index (χ1n) is 8.00. The summed E-state index contributed by atoms with van der Waals surface area (Å²) in [6.45, 7) is 0. The van der Waals surface area contributed by atoms with Gasteiger partial charge in [-0.15, -0.1) is 0 Å². The molecule has 154 valence electrons. The molecule has 6 nitrogen and oxygen atoms in total. The first-order chi connectivity index (χ1) is 13.6. The lowest BCUT2D eigenvalue weighted by molar-refractivity contribution is 0.0601. The number of rotatable bonds is 5. The number of anilines is 1. The van der Waals surface area contributed by atoms with Gasteiger partial charge in [0.1, 0.15) is 12.0 Å². The van der Waals surface area contributed by atoms with E-state index >= 15 is 0 Å². The molecule has 0 aromatic heterocycles. The molecule has 1 amide bonds. The zero-order valence-electron chi connectivity index (χ0n) is 14.8. The highest BCUT2D eigenvalue weighted by Gasteiger charge is 2.35. The van der Waals surface area contributed by atoms with Crippen LogP contribution in [0.15, 0.2) is 48.5 Å². The van der Waals surface area contributed by atoms with Gasteiger partial charge in [0, 0.05) is 5.56 Å². The van der Waals surface area contributed by atoms with E-state index in [0.717, 1.165) is 12.1 Å². The van der Waals surface area contributed by atoms with Gasteiger partial charge in [-0.05, 0) is 48.6 Å². The summed E-state index contributed by atoms with van der Waals surface area (Å²) in [5.41, 5.74) is 0.743. The van der Waals surface area contributed by atoms with E-state index < -0.39 is 27.7 Å². The lowest BCUT2D eigenvalue weighted by Crippen LogP contribution is -2.56. The number of carbonyl (C=O) groups excluding carboxylic acids is 2. The zero-order valence-corrected chi connectivity index (χ0v) is 17.9. The average Bonchev–Trinajstić information content (AvgIpc) is 2.67. The summed E-state index contributed by atoms with van der Waals surface area (Å²) in [5.74, 6) is -1.68. The number of benzene rings is 2. The third-order valence-corrected chi connectivity index (χ3v) is 4.44. The van der Waals surface area contributed by atoms with Gasteiger partial charge in [-0.3, -0.25) is 4.79 Å². The maximum Gasteiger partial charge on any atom is 0.339 e. The number of ether oxygens (including phenoxy) is 1. The number of esters is 1. The Labute approximate surface area is 186 Å². The van der Waals surface area contributed by atoms with E-state index in [4.69, 9.17) is 51.8 Å². The highest BCUT2D eigenvalue weighted by Crippen LogP contribution is 2.29. The Morgan fingerprint density at radius 2 is 1.69 bits per heavy atom. The third-order valence-electron chi connectivity index (χ3n) is 3.57. The van der Waals surface area contributed by atoms with Gasteiger partial charge in [0.05, 0.1) is 18.4 Å². The molecule has 0 aliphatic heterocycles. The van der Waals surface area contributed by atoms with Crippen molar-refractivity contribution in [2.75, 3.05) is 12.4 Å². The Kier molecular flexibility index (Phi) is 8.04. The van der Waals surface area contributed by atoms with Crippen LogP contribution in [0.4, 0.5) is 10.1 Å². The second-order valence-electron chi connectivity index (χ2n) is 5.59. The second kappa shape index (κ2) is 10.1. The quantitative estimate of drug-likeness (QED) is 0.261. The molecule has 1 atom stereocenters. The van der Waals surface area contributed by atoms with Gasteiger partial charge in [-0.2, -0.15) is 0 Å². The van der Waals surface area contributed by atoms with E-state index in [-0.39, 0.29) is 16.2 Å². The van der Waals surface area contributed by atoms with Gasteiger partial charge < -0.3 is 20.7 Å². The molecule has 0 radical (unpaired) electrons. The SMILES string of the molecule is COC(=O)c1ccccc1NC(=S)N[C@@H](NC(=O)c1ccc(F)cc1)C(Cl)(Cl)Cl. The Balaban J connectivity index is 2.13. The molecular weight excluding hydrogens is 464 g/mol. The van der Waals surface area contributed by atoms with Gasteiger partial charge in [0.15, 0.2) is 5.11 Å². The van der Waals surface area contributed by atoms with Gasteiger partial charge >= 0.3 is 5.97 Å². The van der Waals surface area contributed by atoms with Crippen molar-refractivity contribution in [1.82, 2.24) is 10.6 Å². The number of halogens is 4. The molecule has 0 fully saturated rings. The van der Waals surface area contributed by atoms with Crippen LogP contribution in [0.2, 0.25) is 0 Å². The summed E-state index contributed by atoms with van der Waals surface area (Å²) in [7, 11) is 1.25. The Morgan fingerprint density at radius 3 is 2.28 bits per heavy atom. The summed E-state index contributed by atoms with van der Waals surface area (Å²) < 4.78 is 15.8. The predicted molar refractivity (Wildman–Crippen MR) is 115 cm³/mol. The summed E-state index contributed by atoms with van der Waals surface area (Å²) in [5, 5.41) is 7.90. The highest BCUT2D eigenvalue weighted by atomic mass is 35.6. The molecule has 0 unspecified atom stereocenters. The average molecular weight is 479 g/mol. The molecule has 0 spiro atoms. The van der Waals surface area contributed by atoms with Crippen molar-refractivity contribution < 1.29 is 18.7 Å². The van der Waals surface area contributed by atoms with E-state index in [1.807, 2.05) is 0 Å². The first kappa shape index (κ1) is 23.2. The Morgan fingerprint density at radius 1 is 1.07 bits per heavy atom. The molecule has 0 heterocycles. The van der Waals surface area contributed by atoms with Crippen molar-refractivity contribution in [3.05, 3.63) is 65.5 Å². The number of hydrogen-bond acceptors (Lipinski definition) is 4. The number of para-hydroxylation sites is 1. The van der Waals surface area contributed by atoms with E-state index in [0.29, 0.717) is 5.69 Å². The Bertz CT molecular complexity index is 907. The van der Waals surface area contributed by atoms with E-state index in [9.17, 15) is 14.0 Å². The van der Waals surface area contributed by atoms with Crippen molar-refractivity contribution in [3.63, 3.8) is 0 Å². The van der Waals surface area contributed by atoms with E-state index in [1.165, 1.54) is 19.2 Å². The molecule has 29 heavy (non-hydrogen) atoms. The minimum Gasteiger partial charge on any atom is -0.465 e. The number of nitrogens with one attached hydrogen (secondary N) is 3.